The predicted molar refractivity (Wildman–Crippen MR) is 88.9 cm³/mol. The lowest BCUT2D eigenvalue weighted by Crippen LogP contribution is -2.50. The third-order valence-corrected chi connectivity index (χ3v) is 4.88. The second-order valence-electron chi connectivity index (χ2n) is 6.27. The van der Waals surface area contributed by atoms with E-state index in [2.05, 4.69) is 0 Å². The maximum absolute atomic E-state index is 10.5. The summed E-state index contributed by atoms with van der Waals surface area (Å²) in [5.41, 5.74) is 10.8. The van der Waals surface area contributed by atoms with Crippen molar-refractivity contribution in [2.45, 2.75) is 31.5 Å². The largest absolute Gasteiger partial charge is 0.398 e. The number of allylic oxidation sites excluding steroid dienone is 1. The number of para-hydroxylation sites is 1. The lowest BCUT2D eigenvalue weighted by atomic mass is 9.66. The highest BCUT2D eigenvalue weighted by atomic mass is 35.5. The van der Waals surface area contributed by atoms with Crippen molar-refractivity contribution in [1.82, 2.24) is 4.98 Å². The summed E-state index contributed by atoms with van der Waals surface area (Å²) < 4.78 is 0. The molecule has 0 spiro atoms. The predicted octanol–water partition coefficient (Wildman–Crippen LogP) is 2.53. The zero-order valence-corrected chi connectivity index (χ0v) is 13.1. The number of nitrogen functional groups attached to an aromatic ring is 1. The van der Waals surface area contributed by atoms with Crippen LogP contribution in [-0.2, 0) is 6.42 Å². The molecule has 5 heteroatoms. The minimum absolute atomic E-state index is 0. The number of aliphatic hydroxyl groups is 2. The molecule has 0 amide bonds. The minimum atomic E-state index is -1.73. The van der Waals surface area contributed by atoms with Crippen LogP contribution in [0.4, 0.5) is 5.69 Å². The van der Waals surface area contributed by atoms with E-state index < -0.39 is 11.7 Å². The van der Waals surface area contributed by atoms with Gasteiger partial charge in [0.15, 0.2) is 5.79 Å². The molecule has 4 rings (SSSR count). The zero-order chi connectivity index (χ0) is 14.8. The van der Waals surface area contributed by atoms with E-state index in [1.54, 1.807) is 0 Å². The fourth-order valence-electron chi connectivity index (χ4n) is 3.85. The molecule has 1 aromatic carbocycles. The van der Waals surface area contributed by atoms with Gasteiger partial charge in [0.05, 0.1) is 5.52 Å². The number of hydrogen-bond donors (Lipinski definition) is 3. The van der Waals surface area contributed by atoms with Crippen LogP contribution in [-0.4, -0.2) is 21.0 Å². The van der Waals surface area contributed by atoms with Gasteiger partial charge in [0.1, 0.15) is 0 Å². The van der Waals surface area contributed by atoms with E-state index in [0.29, 0.717) is 18.5 Å². The van der Waals surface area contributed by atoms with E-state index in [4.69, 9.17) is 10.7 Å². The van der Waals surface area contributed by atoms with Gasteiger partial charge in [-0.05, 0) is 19.4 Å². The van der Waals surface area contributed by atoms with Crippen LogP contribution < -0.4 is 5.73 Å². The molecule has 1 heterocycles. The van der Waals surface area contributed by atoms with Crippen molar-refractivity contribution in [2.75, 3.05) is 5.73 Å². The van der Waals surface area contributed by atoms with E-state index in [9.17, 15) is 10.2 Å². The average molecular weight is 319 g/mol. The van der Waals surface area contributed by atoms with Crippen molar-refractivity contribution in [3.8, 4) is 0 Å². The Morgan fingerprint density at radius 2 is 1.95 bits per heavy atom. The smallest absolute Gasteiger partial charge is 0.176 e. The molecule has 2 bridgehead atoms. The molecular formula is C17H19ClN2O2. The molecule has 116 valence electrons. The van der Waals surface area contributed by atoms with Gasteiger partial charge in [-0.1, -0.05) is 29.8 Å². The Kier molecular flexibility index (Phi) is 3.44. The summed E-state index contributed by atoms with van der Waals surface area (Å²) in [6.07, 6.45) is 3.10. The highest BCUT2D eigenvalue weighted by Crippen LogP contribution is 2.50. The quantitative estimate of drug-likeness (QED) is 0.515. The first-order valence-electron chi connectivity index (χ1n) is 7.27. The number of nitrogens with zero attached hydrogens (tertiary/aromatic N) is 1. The number of hydrogen-bond acceptors (Lipinski definition) is 4. The standard InChI is InChI=1S/C17H18N2O2.ClH/c1-9-6-10-8-14-15(12(7-9)17(10,20)21)16(18)11-4-2-3-5-13(11)19-14;/h2-6,10,12,20-21H,7-8H2,1H3,(H2,18,19);1H. The molecular weight excluding hydrogens is 300 g/mol. The number of pyridine rings is 1. The molecule has 1 aromatic heterocycles. The molecule has 22 heavy (non-hydrogen) atoms. The lowest BCUT2D eigenvalue weighted by Gasteiger charge is -2.45. The monoisotopic (exact) mass is 318 g/mol. The van der Waals surface area contributed by atoms with E-state index >= 15 is 0 Å². The van der Waals surface area contributed by atoms with E-state index in [0.717, 1.165) is 22.2 Å². The van der Waals surface area contributed by atoms with Crippen LogP contribution in [0.25, 0.3) is 10.9 Å². The van der Waals surface area contributed by atoms with Crippen LogP contribution in [0.1, 0.15) is 30.5 Å². The number of aromatic nitrogens is 1. The number of rotatable bonds is 0. The van der Waals surface area contributed by atoms with Crippen molar-refractivity contribution in [3.05, 3.63) is 47.2 Å². The summed E-state index contributed by atoms with van der Waals surface area (Å²) in [5, 5.41) is 22.0. The third-order valence-electron chi connectivity index (χ3n) is 4.88. The number of anilines is 1. The Labute approximate surface area is 135 Å². The summed E-state index contributed by atoms with van der Waals surface area (Å²) in [4.78, 5) is 4.72. The minimum Gasteiger partial charge on any atom is -0.398 e. The van der Waals surface area contributed by atoms with Gasteiger partial charge in [0.25, 0.3) is 0 Å². The van der Waals surface area contributed by atoms with Crippen molar-refractivity contribution in [1.29, 1.82) is 0 Å². The highest BCUT2D eigenvalue weighted by molar-refractivity contribution is 5.92. The van der Waals surface area contributed by atoms with Gasteiger partial charge in [0.2, 0.25) is 0 Å². The molecule has 0 saturated heterocycles. The van der Waals surface area contributed by atoms with Gasteiger partial charge in [0, 0.05) is 40.6 Å². The molecule has 0 fully saturated rings. The Morgan fingerprint density at radius 3 is 2.73 bits per heavy atom. The van der Waals surface area contributed by atoms with Crippen LogP contribution in [0.5, 0.6) is 0 Å². The Morgan fingerprint density at radius 1 is 1.23 bits per heavy atom. The maximum atomic E-state index is 10.5. The van der Waals surface area contributed by atoms with Crippen LogP contribution in [0, 0.1) is 5.92 Å². The second kappa shape index (κ2) is 4.95. The summed E-state index contributed by atoms with van der Waals surface area (Å²) >= 11 is 0. The molecule has 0 radical (unpaired) electrons. The van der Waals surface area contributed by atoms with Crippen LogP contribution in [0.3, 0.4) is 0 Å². The third kappa shape index (κ3) is 1.95. The van der Waals surface area contributed by atoms with Gasteiger partial charge < -0.3 is 15.9 Å². The van der Waals surface area contributed by atoms with Gasteiger partial charge in [-0.2, -0.15) is 0 Å². The fraction of sp³-hybridized carbons (Fsp3) is 0.353. The first-order chi connectivity index (χ1) is 9.98. The van der Waals surface area contributed by atoms with E-state index in [-0.39, 0.29) is 18.3 Å². The Hall–Kier alpha value is -1.62. The molecule has 2 aliphatic rings. The first kappa shape index (κ1) is 15.3. The van der Waals surface area contributed by atoms with Gasteiger partial charge in [-0.15, -0.1) is 12.4 Å². The van der Waals surface area contributed by atoms with E-state index in [1.165, 1.54) is 5.57 Å². The van der Waals surface area contributed by atoms with Crippen LogP contribution in [0.15, 0.2) is 35.9 Å². The maximum Gasteiger partial charge on any atom is 0.176 e. The van der Waals surface area contributed by atoms with Crippen molar-refractivity contribution < 1.29 is 10.2 Å². The Bertz CT molecular complexity index is 786. The molecule has 4 N–H and O–H groups in total. The first-order valence-corrected chi connectivity index (χ1v) is 7.27. The summed E-state index contributed by atoms with van der Waals surface area (Å²) in [5.74, 6) is -2.43. The number of halogens is 1. The van der Waals surface area contributed by atoms with Crippen molar-refractivity contribution >= 4 is 29.0 Å². The molecule has 2 aromatic rings. The SMILES string of the molecule is CC1=CC2Cc3nc4ccccc4c(N)c3C(C1)C2(O)O.Cl. The molecule has 0 saturated carbocycles. The lowest BCUT2D eigenvalue weighted by molar-refractivity contribution is -0.214. The number of nitrogens with two attached hydrogens (primary N) is 1. The fourth-order valence-corrected chi connectivity index (χ4v) is 3.85. The normalized spacial score (nSPS) is 25.1. The highest BCUT2D eigenvalue weighted by Gasteiger charge is 2.50. The van der Waals surface area contributed by atoms with Gasteiger partial charge >= 0.3 is 0 Å². The number of benzene rings is 1. The van der Waals surface area contributed by atoms with Gasteiger partial charge in [-0.3, -0.25) is 4.98 Å². The van der Waals surface area contributed by atoms with Gasteiger partial charge in [-0.25, -0.2) is 0 Å². The summed E-state index contributed by atoms with van der Waals surface area (Å²) in [6.45, 7) is 2.03. The average Bonchev–Trinajstić information content (AvgIpc) is 2.42. The van der Waals surface area contributed by atoms with E-state index in [1.807, 2.05) is 37.3 Å². The van der Waals surface area contributed by atoms with Crippen molar-refractivity contribution in [2.24, 2.45) is 5.92 Å². The molecule has 2 unspecified atom stereocenters. The van der Waals surface area contributed by atoms with Crippen LogP contribution >= 0.6 is 12.4 Å². The second-order valence-corrected chi connectivity index (χ2v) is 6.27. The molecule has 4 nitrogen and oxygen atoms in total. The topological polar surface area (TPSA) is 79.4 Å². The molecule has 2 aliphatic carbocycles. The number of fused-ring (bicyclic) bond motifs is 5. The summed E-state index contributed by atoms with van der Waals surface area (Å²) in [7, 11) is 0. The molecule has 2 atom stereocenters. The van der Waals surface area contributed by atoms with Crippen LogP contribution in [0.2, 0.25) is 0 Å². The van der Waals surface area contributed by atoms with Crippen molar-refractivity contribution in [3.63, 3.8) is 0 Å². The summed E-state index contributed by atoms with van der Waals surface area (Å²) in [6, 6.07) is 7.75. The molecule has 0 aliphatic heterocycles. The Balaban J connectivity index is 0.00000144. The zero-order valence-electron chi connectivity index (χ0n) is 12.3.